The van der Waals surface area contributed by atoms with Crippen molar-refractivity contribution in [3.63, 3.8) is 0 Å². The lowest BCUT2D eigenvalue weighted by atomic mass is 9.91. The van der Waals surface area contributed by atoms with Crippen LogP contribution in [-0.4, -0.2) is 24.2 Å². The van der Waals surface area contributed by atoms with E-state index in [-0.39, 0.29) is 5.92 Å². The summed E-state index contributed by atoms with van der Waals surface area (Å²) in [6, 6.07) is 5.67. The fraction of sp³-hybridized carbons (Fsp3) is 0.583. The predicted octanol–water partition coefficient (Wildman–Crippen LogP) is 1.96. The molecule has 82 valence electrons. The van der Waals surface area contributed by atoms with E-state index in [1.807, 2.05) is 18.2 Å². The number of alkyl halides is 1. The topological polar surface area (TPSA) is 24.9 Å². The van der Waals surface area contributed by atoms with Crippen LogP contribution in [0, 0.1) is 5.92 Å². The number of pyridine rings is 1. The molecule has 1 atom stereocenters. The van der Waals surface area contributed by atoms with Gasteiger partial charge in [-0.1, -0.05) is 6.07 Å². The van der Waals surface area contributed by atoms with Crippen molar-refractivity contribution >= 4 is 0 Å². The molecule has 2 heterocycles. The minimum absolute atomic E-state index is 0.216. The van der Waals surface area contributed by atoms with Gasteiger partial charge >= 0.3 is 0 Å². The van der Waals surface area contributed by atoms with Crippen LogP contribution in [-0.2, 0) is 6.42 Å². The molecule has 0 bridgehead atoms. The third-order valence-corrected chi connectivity index (χ3v) is 3.03. The molecule has 1 N–H and O–H groups in total. The molecule has 15 heavy (non-hydrogen) atoms. The number of nitrogens with zero attached hydrogens (tertiary/aromatic N) is 1. The molecule has 0 spiro atoms. The number of rotatable bonds is 3. The number of nitrogens with one attached hydrogen (secondary N) is 1. The average molecular weight is 208 g/mol. The van der Waals surface area contributed by atoms with Gasteiger partial charge in [0.1, 0.15) is 6.17 Å². The van der Waals surface area contributed by atoms with Gasteiger partial charge in [0.05, 0.1) is 0 Å². The summed E-state index contributed by atoms with van der Waals surface area (Å²) in [7, 11) is 0. The smallest absolute Gasteiger partial charge is 0.109 e. The van der Waals surface area contributed by atoms with Crippen molar-refractivity contribution < 1.29 is 4.39 Å². The maximum Gasteiger partial charge on any atom is 0.109 e. The Labute approximate surface area is 89.9 Å². The maximum atomic E-state index is 13.9. The Hall–Kier alpha value is -0.960. The van der Waals surface area contributed by atoms with Crippen molar-refractivity contribution in [3.8, 4) is 0 Å². The average Bonchev–Trinajstić information content (AvgIpc) is 2.31. The highest BCUT2D eigenvalue weighted by atomic mass is 19.1. The van der Waals surface area contributed by atoms with Crippen LogP contribution in [0.2, 0.25) is 0 Å². The van der Waals surface area contributed by atoms with E-state index in [2.05, 4.69) is 10.3 Å². The highest BCUT2D eigenvalue weighted by molar-refractivity contribution is 5.05. The lowest BCUT2D eigenvalue weighted by Gasteiger charge is -2.25. The van der Waals surface area contributed by atoms with Crippen LogP contribution in [0.1, 0.15) is 18.5 Å². The first-order chi connectivity index (χ1) is 7.36. The molecule has 2 rings (SSSR count). The lowest BCUT2D eigenvalue weighted by molar-refractivity contribution is 0.186. The molecule has 2 nitrogen and oxygen atoms in total. The molecule has 1 aliphatic rings. The van der Waals surface area contributed by atoms with E-state index in [4.69, 9.17) is 0 Å². The van der Waals surface area contributed by atoms with E-state index in [0.717, 1.165) is 31.6 Å². The molecule has 0 radical (unpaired) electrons. The van der Waals surface area contributed by atoms with Gasteiger partial charge in [0.25, 0.3) is 0 Å². The van der Waals surface area contributed by atoms with E-state index in [0.29, 0.717) is 6.42 Å². The van der Waals surface area contributed by atoms with Crippen LogP contribution < -0.4 is 5.32 Å². The molecule has 3 heteroatoms. The molecular weight excluding hydrogens is 191 g/mol. The van der Waals surface area contributed by atoms with Gasteiger partial charge in [-0.2, -0.15) is 0 Å². The first-order valence-corrected chi connectivity index (χ1v) is 5.61. The van der Waals surface area contributed by atoms with Crippen LogP contribution >= 0.6 is 0 Å². The second kappa shape index (κ2) is 5.21. The molecule has 1 unspecified atom stereocenters. The molecular formula is C12H17FN2. The molecule has 1 fully saturated rings. The van der Waals surface area contributed by atoms with E-state index >= 15 is 0 Å². The Kier molecular flexibility index (Phi) is 3.67. The van der Waals surface area contributed by atoms with Crippen LogP contribution in [0.15, 0.2) is 24.4 Å². The number of hydrogen-bond acceptors (Lipinski definition) is 2. The van der Waals surface area contributed by atoms with E-state index in [9.17, 15) is 4.39 Å². The minimum Gasteiger partial charge on any atom is -0.317 e. The summed E-state index contributed by atoms with van der Waals surface area (Å²) in [5.74, 6) is 0.216. The molecule has 1 aliphatic heterocycles. The Morgan fingerprint density at radius 1 is 1.40 bits per heavy atom. The van der Waals surface area contributed by atoms with Crippen LogP contribution in [0.5, 0.6) is 0 Å². The van der Waals surface area contributed by atoms with Crippen molar-refractivity contribution in [1.82, 2.24) is 10.3 Å². The van der Waals surface area contributed by atoms with E-state index in [1.165, 1.54) is 0 Å². The normalized spacial score (nSPS) is 20.1. The first-order valence-electron chi connectivity index (χ1n) is 5.61. The van der Waals surface area contributed by atoms with Crippen molar-refractivity contribution in [2.75, 3.05) is 13.1 Å². The van der Waals surface area contributed by atoms with Gasteiger partial charge < -0.3 is 5.32 Å². The SMILES string of the molecule is FC(Cc1ccccn1)C1CCNCC1. The fourth-order valence-electron chi connectivity index (χ4n) is 2.09. The Balaban J connectivity index is 1.88. The summed E-state index contributed by atoms with van der Waals surface area (Å²) >= 11 is 0. The molecule has 1 aromatic heterocycles. The monoisotopic (exact) mass is 208 g/mol. The molecule has 0 aromatic carbocycles. The van der Waals surface area contributed by atoms with E-state index < -0.39 is 6.17 Å². The van der Waals surface area contributed by atoms with Crippen LogP contribution in [0.25, 0.3) is 0 Å². The zero-order valence-electron chi connectivity index (χ0n) is 8.82. The summed E-state index contributed by atoms with van der Waals surface area (Å²) in [5.41, 5.74) is 0.864. The van der Waals surface area contributed by atoms with Crippen molar-refractivity contribution in [2.24, 2.45) is 5.92 Å². The Bertz CT molecular complexity index is 283. The number of piperidine rings is 1. The Morgan fingerprint density at radius 2 is 2.20 bits per heavy atom. The number of halogens is 1. The molecule has 1 aromatic rings. The highest BCUT2D eigenvalue weighted by Gasteiger charge is 2.23. The van der Waals surface area contributed by atoms with Crippen molar-refractivity contribution in [3.05, 3.63) is 30.1 Å². The molecule has 0 saturated carbocycles. The van der Waals surface area contributed by atoms with E-state index in [1.54, 1.807) is 6.20 Å². The standard InChI is InChI=1S/C12H17FN2/c13-12(10-4-7-14-8-5-10)9-11-3-1-2-6-15-11/h1-3,6,10,12,14H,4-5,7-9H2. The maximum absolute atomic E-state index is 13.9. The van der Waals surface area contributed by atoms with Gasteiger partial charge in [0.15, 0.2) is 0 Å². The summed E-state index contributed by atoms with van der Waals surface area (Å²) < 4.78 is 13.9. The van der Waals surface area contributed by atoms with Gasteiger partial charge in [-0.05, 0) is 44.0 Å². The van der Waals surface area contributed by atoms with Gasteiger partial charge in [-0.15, -0.1) is 0 Å². The largest absolute Gasteiger partial charge is 0.317 e. The van der Waals surface area contributed by atoms with Gasteiger partial charge in [-0.25, -0.2) is 4.39 Å². The minimum atomic E-state index is -0.734. The zero-order chi connectivity index (χ0) is 10.5. The highest BCUT2D eigenvalue weighted by Crippen LogP contribution is 2.21. The van der Waals surface area contributed by atoms with Gasteiger partial charge in [0, 0.05) is 18.3 Å². The molecule has 0 amide bonds. The quantitative estimate of drug-likeness (QED) is 0.821. The lowest BCUT2D eigenvalue weighted by Crippen LogP contribution is -2.33. The van der Waals surface area contributed by atoms with Crippen LogP contribution in [0.4, 0.5) is 4.39 Å². The van der Waals surface area contributed by atoms with Gasteiger partial charge in [-0.3, -0.25) is 4.98 Å². The van der Waals surface area contributed by atoms with Crippen molar-refractivity contribution in [1.29, 1.82) is 0 Å². The number of hydrogen-bond donors (Lipinski definition) is 1. The summed E-state index contributed by atoms with van der Waals surface area (Å²) in [6.07, 6.45) is 3.36. The summed E-state index contributed by atoms with van der Waals surface area (Å²) in [6.45, 7) is 1.90. The van der Waals surface area contributed by atoms with Crippen LogP contribution in [0.3, 0.4) is 0 Å². The van der Waals surface area contributed by atoms with Crippen molar-refractivity contribution in [2.45, 2.75) is 25.4 Å². The third-order valence-electron chi connectivity index (χ3n) is 3.03. The number of aromatic nitrogens is 1. The Morgan fingerprint density at radius 3 is 2.87 bits per heavy atom. The third kappa shape index (κ3) is 2.99. The fourth-order valence-corrected chi connectivity index (χ4v) is 2.09. The summed E-state index contributed by atoms with van der Waals surface area (Å²) in [4.78, 5) is 4.16. The summed E-state index contributed by atoms with van der Waals surface area (Å²) in [5, 5.41) is 3.25. The zero-order valence-corrected chi connectivity index (χ0v) is 8.82. The van der Waals surface area contributed by atoms with Gasteiger partial charge in [0.2, 0.25) is 0 Å². The first kappa shape index (κ1) is 10.6. The molecule has 0 aliphatic carbocycles. The molecule has 1 saturated heterocycles. The second-order valence-corrected chi connectivity index (χ2v) is 4.13. The predicted molar refractivity (Wildman–Crippen MR) is 58.4 cm³/mol. The second-order valence-electron chi connectivity index (χ2n) is 4.13.